The number of nitrogens with zero attached hydrogens (tertiary/aromatic N) is 3. The van der Waals surface area contributed by atoms with Gasteiger partial charge in [0.1, 0.15) is 12.4 Å². The first-order chi connectivity index (χ1) is 12.5. The van der Waals surface area contributed by atoms with Gasteiger partial charge in [0.05, 0.1) is 17.5 Å². The summed E-state index contributed by atoms with van der Waals surface area (Å²) in [6, 6.07) is 6.45. The fraction of sp³-hybridized carbons (Fsp3) is 0.611. The summed E-state index contributed by atoms with van der Waals surface area (Å²) in [5.41, 5.74) is 0.0341. The zero-order chi connectivity index (χ0) is 18.9. The summed E-state index contributed by atoms with van der Waals surface area (Å²) in [5.74, 6) is 0.598. The standard InChI is InChI=1S/C18H28N4O4/c1-3-15(2)19-18(23)14-21-9-7-20(8-10-21)11-12-26-17-6-4-5-16(13-17)22(24)25/h4-6,13,15H,3,7-12,14H2,1-2H3,(H,19,23). The smallest absolute Gasteiger partial charge is 0.273 e. The Morgan fingerprint density at radius 3 is 2.65 bits per heavy atom. The number of benzene rings is 1. The molecule has 1 aliphatic rings. The molecule has 1 aromatic carbocycles. The number of nitrogens with one attached hydrogen (secondary N) is 1. The molecule has 8 heteroatoms. The van der Waals surface area contributed by atoms with Crippen molar-refractivity contribution in [2.45, 2.75) is 26.3 Å². The molecule has 0 radical (unpaired) electrons. The van der Waals surface area contributed by atoms with Gasteiger partial charge in [-0.1, -0.05) is 13.0 Å². The van der Waals surface area contributed by atoms with Gasteiger partial charge in [-0.2, -0.15) is 0 Å². The molecule has 1 aliphatic heterocycles. The minimum Gasteiger partial charge on any atom is -0.492 e. The SMILES string of the molecule is CCC(C)NC(=O)CN1CCN(CCOc2cccc([N+](=O)[O-])c2)CC1. The normalized spacial score (nSPS) is 16.8. The van der Waals surface area contributed by atoms with E-state index in [1.54, 1.807) is 12.1 Å². The first-order valence-electron chi connectivity index (χ1n) is 9.09. The summed E-state index contributed by atoms with van der Waals surface area (Å²) in [6.45, 7) is 9.23. The summed E-state index contributed by atoms with van der Waals surface area (Å²) in [5, 5.41) is 13.8. The van der Waals surface area contributed by atoms with Crippen LogP contribution in [0.3, 0.4) is 0 Å². The lowest BCUT2D eigenvalue weighted by Gasteiger charge is -2.34. The highest BCUT2D eigenvalue weighted by atomic mass is 16.6. The molecule has 1 amide bonds. The van der Waals surface area contributed by atoms with Gasteiger partial charge in [-0.15, -0.1) is 0 Å². The second-order valence-corrected chi connectivity index (χ2v) is 6.60. The Bertz CT molecular complexity index is 603. The number of carbonyl (C=O) groups excluding carboxylic acids is 1. The molecule has 2 rings (SSSR count). The Morgan fingerprint density at radius 2 is 2.00 bits per heavy atom. The number of amides is 1. The lowest BCUT2D eigenvalue weighted by Crippen LogP contribution is -2.50. The second-order valence-electron chi connectivity index (χ2n) is 6.60. The zero-order valence-corrected chi connectivity index (χ0v) is 15.5. The molecule has 0 saturated carbocycles. The van der Waals surface area contributed by atoms with Crippen LogP contribution in [0.2, 0.25) is 0 Å². The van der Waals surface area contributed by atoms with Gasteiger partial charge in [-0.05, 0) is 19.4 Å². The van der Waals surface area contributed by atoms with Crippen LogP contribution in [-0.2, 0) is 4.79 Å². The van der Waals surface area contributed by atoms with E-state index >= 15 is 0 Å². The van der Waals surface area contributed by atoms with E-state index in [1.807, 2.05) is 6.92 Å². The molecule has 1 atom stereocenters. The largest absolute Gasteiger partial charge is 0.492 e. The predicted molar refractivity (Wildman–Crippen MR) is 99.4 cm³/mol. The maximum Gasteiger partial charge on any atom is 0.273 e. The van der Waals surface area contributed by atoms with Crippen molar-refractivity contribution in [3.05, 3.63) is 34.4 Å². The summed E-state index contributed by atoms with van der Waals surface area (Å²) in [4.78, 5) is 26.7. The van der Waals surface area contributed by atoms with Gasteiger partial charge in [0.2, 0.25) is 5.91 Å². The molecular weight excluding hydrogens is 336 g/mol. The molecule has 1 unspecified atom stereocenters. The van der Waals surface area contributed by atoms with Crippen LogP contribution < -0.4 is 10.1 Å². The topological polar surface area (TPSA) is 88.0 Å². The number of piperazine rings is 1. The number of carbonyl (C=O) groups is 1. The molecule has 26 heavy (non-hydrogen) atoms. The molecule has 0 bridgehead atoms. The average Bonchev–Trinajstić information content (AvgIpc) is 2.63. The lowest BCUT2D eigenvalue weighted by molar-refractivity contribution is -0.384. The molecule has 1 fully saturated rings. The van der Waals surface area contributed by atoms with Crippen LogP contribution in [0.4, 0.5) is 5.69 Å². The van der Waals surface area contributed by atoms with E-state index in [4.69, 9.17) is 4.74 Å². The van der Waals surface area contributed by atoms with Crippen molar-refractivity contribution in [3.8, 4) is 5.75 Å². The third-order valence-electron chi connectivity index (χ3n) is 4.56. The minimum absolute atomic E-state index is 0.0341. The van der Waals surface area contributed by atoms with E-state index in [0.29, 0.717) is 18.9 Å². The molecule has 1 heterocycles. The van der Waals surface area contributed by atoms with E-state index in [2.05, 4.69) is 22.0 Å². The highest BCUT2D eigenvalue weighted by Crippen LogP contribution is 2.19. The van der Waals surface area contributed by atoms with Gasteiger partial charge in [0, 0.05) is 44.8 Å². The third kappa shape index (κ3) is 6.61. The number of non-ortho nitro benzene ring substituents is 1. The van der Waals surface area contributed by atoms with E-state index in [9.17, 15) is 14.9 Å². The first-order valence-corrected chi connectivity index (χ1v) is 9.09. The second kappa shape index (κ2) is 10.1. The molecular formula is C18H28N4O4. The summed E-state index contributed by atoms with van der Waals surface area (Å²) in [7, 11) is 0. The van der Waals surface area contributed by atoms with Gasteiger partial charge in [0.25, 0.3) is 5.69 Å². The van der Waals surface area contributed by atoms with Gasteiger partial charge in [-0.25, -0.2) is 0 Å². The monoisotopic (exact) mass is 364 g/mol. The van der Waals surface area contributed by atoms with Gasteiger partial charge < -0.3 is 10.1 Å². The summed E-state index contributed by atoms with van der Waals surface area (Å²) < 4.78 is 5.62. The van der Waals surface area contributed by atoms with Crippen LogP contribution in [0.15, 0.2) is 24.3 Å². The Balaban J connectivity index is 1.65. The fourth-order valence-electron chi connectivity index (χ4n) is 2.78. The van der Waals surface area contributed by atoms with Gasteiger partial charge >= 0.3 is 0 Å². The molecule has 1 N–H and O–H groups in total. The highest BCUT2D eigenvalue weighted by Gasteiger charge is 2.19. The Kier molecular flexibility index (Phi) is 7.80. The van der Waals surface area contributed by atoms with Gasteiger partial charge in [0.15, 0.2) is 0 Å². The summed E-state index contributed by atoms with van der Waals surface area (Å²) >= 11 is 0. The van der Waals surface area contributed by atoms with E-state index < -0.39 is 4.92 Å². The number of nitro groups is 1. The Labute approximate surface area is 154 Å². The molecule has 0 spiro atoms. The lowest BCUT2D eigenvalue weighted by atomic mass is 10.2. The van der Waals surface area contributed by atoms with Crippen LogP contribution in [0.1, 0.15) is 20.3 Å². The molecule has 0 aliphatic carbocycles. The van der Waals surface area contributed by atoms with Gasteiger partial charge in [-0.3, -0.25) is 24.7 Å². The molecule has 8 nitrogen and oxygen atoms in total. The molecule has 0 aromatic heterocycles. The van der Waals surface area contributed by atoms with Crippen molar-refractivity contribution in [2.75, 3.05) is 45.9 Å². The third-order valence-corrected chi connectivity index (χ3v) is 4.56. The van der Waals surface area contributed by atoms with Crippen LogP contribution in [0.5, 0.6) is 5.75 Å². The number of ether oxygens (including phenoxy) is 1. The van der Waals surface area contributed by atoms with Crippen LogP contribution in [0.25, 0.3) is 0 Å². The van der Waals surface area contributed by atoms with E-state index in [-0.39, 0.29) is 17.6 Å². The predicted octanol–water partition coefficient (Wildman–Crippen LogP) is 1.51. The number of nitro benzene ring substituents is 1. The fourth-order valence-corrected chi connectivity index (χ4v) is 2.78. The highest BCUT2D eigenvalue weighted by molar-refractivity contribution is 5.78. The Hall–Kier alpha value is -2.19. The quantitative estimate of drug-likeness (QED) is 0.528. The van der Waals surface area contributed by atoms with Crippen LogP contribution >= 0.6 is 0 Å². The van der Waals surface area contributed by atoms with Crippen LogP contribution in [-0.4, -0.2) is 72.5 Å². The summed E-state index contributed by atoms with van der Waals surface area (Å²) in [6.07, 6.45) is 0.935. The average molecular weight is 364 g/mol. The van der Waals surface area contributed by atoms with Crippen molar-refractivity contribution in [1.82, 2.24) is 15.1 Å². The maximum absolute atomic E-state index is 11.9. The molecule has 144 valence electrons. The first kappa shape index (κ1) is 20.1. The number of hydrogen-bond acceptors (Lipinski definition) is 6. The minimum atomic E-state index is -0.427. The van der Waals surface area contributed by atoms with E-state index in [0.717, 1.165) is 39.1 Å². The van der Waals surface area contributed by atoms with Crippen molar-refractivity contribution in [2.24, 2.45) is 0 Å². The number of rotatable bonds is 9. The number of hydrogen-bond donors (Lipinski definition) is 1. The van der Waals surface area contributed by atoms with Crippen molar-refractivity contribution < 1.29 is 14.5 Å². The molecule has 1 aromatic rings. The van der Waals surface area contributed by atoms with Crippen molar-refractivity contribution in [3.63, 3.8) is 0 Å². The Morgan fingerprint density at radius 1 is 1.31 bits per heavy atom. The molecule has 1 saturated heterocycles. The van der Waals surface area contributed by atoms with Crippen molar-refractivity contribution >= 4 is 11.6 Å². The van der Waals surface area contributed by atoms with Crippen molar-refractivity contribution in [1.29, 1.82) is 0 Å². The van der Waals surface area contributed by atoms with Crippen LogP contribution in [0, 0.1) is 10.1 Å². The maximum atomic E-state index is 11.9. The van der Waals surface area contributed by atoms with E-state index in [1.165, 1.54) is 12.1 Å². The zero-order valence-electron chi connectivity index (χ0n) is 15.5.